The Kier molecular flexibility index (Phi) is 7.76. The van der Waals surface area contributed by atoms with Crippen LogP contribution in [-0.4, -0.2) is 53.1 Å². The third-order valence-electron chi connectivity index (χ3n) is 7.61. The zero-order chi connectivity index (χ0) is 27.6. The van der Waals surface area contributed by atoms with Crippen molar-refractivity contribution in [3.8, 4) is 5.75 Å². The molecule has 2 fully saturated rings. The van der Waals surface area contributed by atoms with Crippen LogP contribution < -0.4 is 20.7 Å². The molecule has 3 aromatic rings. The molecule has 1 spiro atoms. The number of aromatic nitrogens is 3. The Bertz CT molecular complexity index is 1380. The number of halogens is 2. The lowest BCUT2D eigenvalue weighted by Gasteiger charge is -2.52. The molecule has 10 nitrogen and oxygen atoms in total. The zero-order valence-electron chi connectivity index (χ0n) is 21.3. The van der Waals surface area contributed by atoms with Gasteiger partial charge in [0.15, 0.2) is 5.15 Å². The lowest BCUT2D eigenvalue weighted by atomic mass is 9.61. The van der Waals surface area contributed by atoms with E-state index in [4.69, 9.17) is 38.4 Å². The zero-order valence-corrected chi connectivity index (χ0v) is 22.8. The standard InChI is InChI=1S/C27H28Cl2N6O4/c1-38-17-4-2-16(3-5-17)14-33-25-21(28)18(7-11-31-25)23(36)22-24(29)34-20(15-32-22)35-12-9-27(10-13-35)8-6-19(27)39-26(30)37/h2-5,7,11,15,19H,6,8-10,12-14H2,1H3,(H2,30,37)(H,31,33). The van der Waals surface area contributed by atoms with Gasteiger partial charge in [0.05, 0.1) is 18.3 Å². The molecule has 1 aliphatic carbocycles. The number of ether oxygens (including phenoxy) is 2. The number of carbonyl (C=O) groups excluding carboxylic acids is 2. The van der Waals surface area contributed by atoms with E-state index in [-0.39, 0.29) is 33.0 Å². The first-order valence-corrected chi connectivity index (χ1v) is 13.3. The third-order valence-corrected chi connectivity index (χ3v) is 8.26. The van der Waals surface area contributed by atoms with Gasteiger partial charge >= 0.3 is 6.09 Å². The number of hydrogen-bond acceptors (Lipinski definition) is 9. The number of rotatable bonds is 8. The molecular weight excluding hydrogens is 543 g/mol. The normalized spacial score (nSPS) is 17.8. The van der Waals surface area contributed by atoms with Gasteiger partial charge < -0.3 is 25.4 Å². The number of nitrogens with zero attached hydrogens (tertiary/aromatic N) is 4. The molecule has 2 aromatic heterocycles. The van der Waals surface area contributed by atoms with Crippen molar-refractivity contribution in [3.05, 3.63) is 69.7 Å². The van der Waals surface area contributed by atoms with Crippen molar-refractivity contribution in [1.29, 1.82) is 0 Å². The maximum atomic E-state index is 13.3. The molecule has 204 valence electrons. The van der Waals surface area contributed by atoms with E-state index in [0.29, 0.717) is 31.3 Å². The van der Waals surface area contributed by atoms with Crippen LogP contribution in [0, 0.1) is 5.41 Å². The Labute approximate surface area is 235 Å². The molecule has 3 heterocycles. The average Bonchev–Trinajstić information content (AvgIpc) is 2.94. The van der Waals surface area contributed by atoms with E-state index in [1.807, 2.05) is 24.3 Å². The summed E-state index contributed by atoms with van der Waals surface area (Å²) in [6.07, 6.45) is 5.70. The van der Waals surface area contributed by atoms with E-state index < -0.39 is 11.9 Å². The topological polar surface area (TPSA) is 133 Å². The summed E-state index contributed by atoms with van der Waals surface area (Å²) in [6.45, 7) is 1.86. The SMILES string of the molecule is COc1ccc(CNc2nccc(C(=O)c3ncc(N4CCC5(CCC5OC(N)=O)CC4)nc3Cl)c2Cl)cc1. The highest BCUT2D eigenvalue weighted by molar-refractivity contribution is 6.38. The van der Waals surface area contributed by atoms with Crippen molar-refractivity contribution in [1.82, 2.24) is 15.0 Å². The fraction of sp³-hybridized carbons (Fsp3) is 0.370. The summed E-state index contributed by atoms with van der Waals surface area (Å²) in [6, 6.07) is 9.10. The van der Waals surface area contributed by atoms with Crippen molar-refractivity contribution in [2.24, 2.45) is 11.1 Å². The molecular formula is C27H28Cl2N6O4. The number of pyridine rings is 1. The number of anilines is 2. The second-order valence-corrected chi connectivity index (χ2v) is 10.5. The lowest BCUT2D eigenvalue weighted by Crippen LogP contribution is -2.54. The van der Waals surface area contributed by atoms with Gasteiger partial charge in [0, 0.05) is 36.8 Å². The second kappa shape index (κ2) is 11.2. The molecule has 1 aliphatic heterocycles. The highest BCUT2D eigenvalue weighted by Gasteiger charge is 2.50. The van der Waals surface area contributed by atoms with E-state index in [1.54, 1.807) is 13.3 Å². The van der Waals surface area contributed by atoms with Crippen LogP contribution in [0.15, 0.2) is 42.7 Å². The number of nitrogens with two attached hydrogens (primary N) is 1. The third kappa shape index (κ3) is 5.58. The van der Waals surface area contributed by atoms with Gasteiger partial charge in [-0.2, -0.15) is 0 Å². The van der Waals surface area contributed by atoms with Gasteiger partial charge in [-0.05, 0) is 49.4 Å². The van der Waals surface area contributed by atoms with Crippen LogP contribution in [0.5, 0.6) is 5.75 Å². The molecule has 3 N–H and O–H groups in total. The first-order valence-electron chi connectivity index (χ1n) is 12.6. The molecule has 1 saturated carbocycles. The minimum absolute atomic E-state index is 0.00279. The fourth-order valence-corrected chi connectivity index (χ4v) is 5.70. The number of piperidine rings is 1. The van der Waals surface area contributed by atoms with E-state index in [0.717, 1.165) is 37.0 Å². The predicted octanol–water partition coefficient (Wildman–Crippen LogP) is 4.87. The van der Waals surface area contributed by atoms with E-state index in [2.05, 4.69) is 25.2 Å². The minimum atomic E-state index is -0.728. The van der Waals surface area contributed by atoms with Crippen LogP contribution in [0.1, 0.15) is 47.3 Å². The maximum Gasteiger partial charge on any atom is 0.404 e. The van der Waals surface area contributed by atoms with Gasteiger partial charge in [-0.3, -0.25) is 4.79 Å². The molecule has 2 aliphatic rings. The summed E-state index contributed by atoms with van der Waals surface area (Å²) in [5.41, 5.74) is 6.42. The number of carbonyl (C=O) groups is 2. The smallest absolute Gasteiger partial charge is 0.404 e. The molecule has 1 aromatic carbocycles. The van der Waals surface area contributed by atoms with Crippen LogP contribution in [0.4, 0.5) is 16.4 Å². The van der Waals surface area contributed by atoms with Gasteiger partial charge in [0.2, 0.25) is 5.78 Å². The summed E-state index contributed by atoms with van der Waals surface area (Å²) in [7, 11) is 1.61. The largest absolute Gasteiger partial charge is 0.497 e. The van der Waals surface area contributed by atoms with E-state index in [1.165, 1.54) is 12.3 Å². The first-order chi connectivity index (χ1) is 18.8. The number of amides is 1. The van der Waals surface area contributed by atoms with E-state index >= 15 is 0 Å². The van der Waals surface area contributed by atoms with Crippen molar-refractivity contribution in [2.75, 3.05) is 30.4 Å². The quantitative estimate of drug-likeness (QED) is 0.363. The van der Waals surface area contributed by atoms with E-state index in [9.17, 15) is 9.59 Å². The Morgan fingerprint density at radius 3 is 2.49 bits per heavy atom. The van der Waals surface area contributed by atoms with Crippen molar-refractivity contribution >= 4 is 46.7 Å². The monoisotopic (exact) mass is 570 g/mol. The first kappa shape index (κ1) is 27.0. The molecule has 1 saturated heterocycles. The number of primary amides is 1. The van der Waals surface area contributed by atoms with Gasteiger partial charge in [-0.15, -0.1) is 0 Å². The predicted molar refractivity (Wildman–Crippen MR) is 148 cm³/mol. The highest BCUT2D eigenvalue weighted by atomic mass is 35.5. The van der Waals surface area contributed by atoms with Gasteiger partial charge in [0.1, 0.15) is 29.2 Å². The molecule has 0 bridgehead atoms. The van der Waals surface area contributed by atoms with Crippen LogP contribution in [0.25, 0.3) is 0 Å². The highest BCUT2D eigenvalue weighted by Crippen LogP contribution is 2.51. The van der Waals surface area contributed by atoms with Crippen molar-refractivity contribution in [3.63, 3.8) is 0 Å². The summed E-state index contributed by atoms with van der Waals surface area (Å²) >= 11 is 13.0. The number of methoxy groups -OCH3 is 1. The van der Waals surface area contributed by atoms with Crippen LogP contribution in [-0.2, 0) is 11.3 Å². The van der Waals surface area contributed by atoms with Gasteiger partial charge in [-0.25, -0.2) is 19.7 Å². The fourth-order valence-electron chi connectivity index (χ4n) is 5.21. The van der Waals surface area contributed by atoms with Crippen LogP contribution in [0.3, 0.4) is 0 Å². The minimum Gasteiger partial charge on any atom is -0.497 e. The van der Waals surface area contributed by atoms with Crippen LogP contribution in [0.2, 0.25) is 10.2 Å². The Morgan fingerprint density at radius 1 is 1.13 bits per heavy atom. The Hall–Kier alpha value is -3.63. The summed E-state index contributed by atoms with van der Waals surface area (Å²) < 4.78 is 10.5. The summed E-state index contributed by atoms with van der Waals surface area (Å²) in [5, 5.41) is 3.33. The summed E-state index contributed by atoms with van der Waals surface area (Å²) in [4.78, 5) is 39.7. The van der Waals surface area contributed by atoms with Gasteiger partial charge in [-0.1, -0.05) is 35.3 Å². The maximum absolute atomic E-state index is 13.3. The number of benzene rings is 1. The number of ketones is 1. The van der Waals surface area contributed by atoms with Crippen molar-refractivity contribution < 1.29 is 19.1 Å². The number of hydrogen-bond donors (Lipinski definition) is 2. The molecule has 1 unspecified atom stereocenters. The molecule has 5 rings (SSSR count). The molecule has 0 radical (unpaired) electrons. The number of nitrogens with one attached hydrogen (secondary N) is 1. The second-order valence-electron chi connectivity index (χ2n) is 9.73. The summed E-state index contributed by atoms with van der Waals surface area (Å²) in [5.74, 6) is 1.27. The molecule has 12 heteroatoms. The Balaban J connectivity index is 1.25. The van der Waals surface area contributed by atoms with Crippen LogP contribution >= 0.6 is 23.2 Å². The average molecular weight is 571 g/mol. The van der Waals surface area contributed by atoms with Gasteiger partial charge in [0.25, 0.3) is 0 Å². The lowest BCUT2D eigenvalue weighted by molar-refractivity contribution is -0.0832. The Morgan fingerprint density at radius 2 is 1.87 bits per heavy atom. The molecule has 39 heavy (non-hydrogen) atoms. The molecule has 1 amide bonds. The molecule has 1 atom stereocenters. The van der Waals surface area contributed by atoms with Crippen molar-refractivity contribution in [2.45, 2.75) is 38.3 Å².